The lowest BCUT2D eigenvalue weighted by molar-refractivity contribution is 0.100. The van der Waals surface area contributed by atoms with Crippen LogP contribution in [0.2, 0.25) is 0 Å². The van der Waals surface area contributed by atoms with Gasteiger partial charge in [0.25, 0.3) is 5.91 Å². The van der Waals surface area contributed by atoms with E-state index in [0.29, 0.717) is 30.0 Å². The van der Waals surface area contributed by atoms with Gasteiger partial charge in [-0.05, 0) is 47.5 Å². The maximum Gasteiger partial charge on any atom is 0.254 e. The highest BCUT2D eigenvalue weighted by Gasteiger charge is 2.18. The van der Waals surface area contributed by atoms with E-state index in [1.54, 1.807) is 24.3 Å². The molecule has 0 unspecified atom stereocenters. The Hall–Kier alpha value is -4.00. The lowest BCUT2D eigenvalue weighted by atomic mass is 10.1. The number of anilines is 1. The molecule has 1 amide bonds. The van der Waals surface area contributed by atoms with E-state index in [1.165, 1.54) is 0 Å². The van der Waals surface area contributed by atoms with Gasteiger partial charge in [-0.25, -0.2) is 0 Å². The molecule has 0 radical (unpaired) electrons. The van der Waals surface area contributed by atoms with Crippen LogP contribution in [0.25, 0.3) is 5.69 Å². The average molecular weight is 387 g/mol. The first-order chi connectivity index (χ1) is 14.1. The van der Waals surface area contributed by atoms with E-state index in [-0.39, 0.29) is 5.75 Å². The Labute approximate surface area is 167 Å². The van der Waals surface area contributed by atoms with Crippen LogP contribution in [0.4, 0.5) is 5.82 Å². The molecular weight excluding hydrogens is 366 g/mol. The van der Waals surface area contributed by atoms with E-state index in [0.717, 1.165) is 16.8 Å². The number of aromatic nitrogens is 3. The summed E-state index contributed by atoms with van der Waals surface area (Å²) in [7, 11) is 0. The van der Waals surface area contributed by atoms with Crippen LogP contribution in [0.3, 0.4) is 0 Å². The predicted molar refractivity (Wildman–Crippen MR) is 111 cm³/mol. The minimum Gasteiger partial charge on any atom is -0.508 e. The van der Waals surface area contributed by atoms with Crippen molar-refractivity contribution in [2.75, 3.05) is 5.32 Å². The maximum absolute atomic E-state index is 12.0. The van der Waals surface area contributed by atoms with Crippen LogP contribution < -0.4 is 11.1 Å². The van der Waals surface area contributed by atoms with E-state index in [2.05, 4.69) is 15.5 Å². The Morgan fingerprint density at radius 3 is 2.34 bits per heavy atom. The van der Waals surface area contributed by atoms with Crippen LogP contribution in [0.1, 0.15) is 27.2 Å². The zero-order chi connectivity index (χ0) is 20.2. The number of phenols is 1. The molecular formula is C22H21N5O2. The number of nitrogens with zero attached hydrogens (tertiary/aromatic N) is 2. The van der Waals surface area contributed by atoms with Gasteiger partial charge in [-0.1, -0.05) is 24.3 Å². The van der Waals surface area contributed by atoms with Crippen molar-refractivity contribution in [3.8, 4) is 11.4 Å². The van der Waals surface area contributed by atoms with Crippen LogP contribution in [0.5, 0.6) is 5.75 Å². The fourth-order valence-corrected chi connectivity index (χ4v) is 3.20. The molecule has 0 spiro atoms. The van der Waals surface area contributed by atoms with Gasteiger partial charge in [-0.3, -0.25) is 9.89 Å². The first kappa shape index (κ1) is 18.4. The molecule has 2 heterocycles. The van der Waals surface area contributed by atoms with Gasteiger partial charge in [-0.15, -0.1) is 0 Å². The second-order valence-electron chi connectivity index (χ2n) is 6.74. The summed E-state index contributed by atoms with van der Waals surface area (Å²) < 4.78 is 2.03. The lowest BCUT2D eigenvalue weighted by Crippen LogP contribution is -2.15. The number of rotatable bonds is 7. The van der Waals surface area contributed by atoms with Crippen LogP contribution in [-0.4, -0.2) is 25.8 Å². The normalized spacial score (nSPS) is 10.8. The molecule has 4 rings (SSSR count). The molecule has 7 nitrogen and oxygen atoms in total. The molecule has 29 heavy (non-hydrogen) atoms. The predicted octanol–water partition coefficient (Wildman–Crippen LogP) is 3.21. The fraction of sp³-hybridized carbons (Fsp3) is 0.0909. The average Bonchev–Trinajstić information content (AvgIpc) is 3.38. The minimum absolute atomic E-state index is 0.205. The number of primary amides is 1. The first-order valence-corrected chi connectivity index (χ1v) is 9.21. The van der Waals surface area contributed by atoms with Crippen molar-refractivity contribution < 1.29 is 9.90 Å². The fourth-order valence-electron chi connectivity index (χ4n) is 3.20. The molecule has 0 saturated carbocycles. The number of nitrogens with one attached hydrogen (secondary N) is 2. The quantitative estimate of drug-likeness (QED) is 0.390. The molecule has 2 aromatic heterocycles. The Bertz CT molecular complexity index is 1100. The van der Waals surface area contributed by atoms with Crippen molar-refractivity contribution in [2.24, 2.45) is 5.73 Å². The van der Waals surface area contributed by atoms with E-state index < -0.39 is 5.91 Å². The number of hydrogen-bond donors (Lipinski definition) is 4. The maximum atomic E-state index is 12.0. The second kappa shape index (κ2) is 7.93. The standard InChI is InChI=1S/C22H21N5O2/c23-21(29)20-19(13-15-3-7-17(8-4-15)27-11-1-2-12-27)25-26-22(20)24-14-16-5-9-18(28)10-6-16/h1-12,28H,13-14H2,(H2,23,29)(H2,24,25,26). The van der Waals surface area contributed by atoms with Gasteiger partial charge in [0.05, 0.1) is 5.69 Å². The van der Waals surface area contributed by atoms with Crippen molar-refractivity contribution in [3.63, 3.8) is 0 Å². The smallest absolute Gasteiger partial charge is 0.254 e. The number of carbonyl (C=O) groups is 1. The summed E-state index contributed by atoms with van der Waals surface area (Å²) in [6.45, 7) is 0.455. The minimum atomic E-state index is -0.536. The monoisotopic (exact) mass is 387 g/mol. The summed E-state index contributed by atoms with van der Waals surface area (Å²) in [5.41, 5.74) is 9.69. The van der Waals surface area contributed by atoms with Crippen LogP contribution >= 0.6 is 0 Å². The van der Waals surface area contributed by atoms with Gasteiger partial charge in [0.2, 0.25) is 0 Å². The van der Waals surface area contributed by atoms with Crippen molar-refractivity contribution >= 4 is 11.7 Å². The molecule has 146 valence electrons. The summed E-state index contributed by atoms with van der Waals surface area (Å²) in [5.74, 6) is 0.0897. The number of aromatic hydroxyl groups is 1. The highest BCUT2D eigenvalue weighted by Crippen LogP contribution is 2.21. The molecule has 7 heteroatoms. The summed E-state index contributed by atoms with van der Waals surface area (Å²) >= 11 is 0. The third kappa shape index (κ3) is 4.14. The van der Waals surface area contributed by atoms with Crippen LogP contribution in [0.15, 0.2) is 73.1 Å². The third-order valence-electron chi connectivity index (χ3n) is 4.70. The van der Waals surface area contributed by atoms with Crippen LogP contribution in [-0.2, 0) is 13.0 Å². The summed E-state index contributed by atoms with van der Waals surface area (Å²) in [6.07, 6.45) is 4.49. The molecule has 2 aromatic carbocycles. The summed E-state index contributed by atoms with van der Waals surface area (Å²) in [6, 6.07) is 18.9. The van der Waals surface area contributed by atoms with E-state index in [1.807, 2.05) is 53.4 Å². The number of nitrogens with two attached hydrogens (primary N) is 1. The second-order valence-corrected chi connectivity index (χ2v) is 6.74. The highest BCUT2D eigenvalue weighted by molar-refractivity contribution is 5.98. The largest absolute Gasteiger partial charge is 0.508 e. The Balaban J connectivity index is 1.50. The number of amides is 1. The SMILES string of the molecule is NC(=O)c1c(NCc2ccc(O)cc2)n[nH]c1Cc1ccc(-n2cccc2)cc1. The highest BCUT2D eigenvalue weighted by atomic mass is 16.3. The van der Waals surface area contributed by atoms with Crippen molar-refractivity contribution in [2.45, 2.75) is 13.0 Å². The zero-order valence-corrected chi connectivity index (χ0v) is 15.7. The number of benzene rings is 2. The molecule has 0 saturated heterocycles. The van der Waals surface area contributed by atoms with Gasteiger partial charge in [0.1, 0.15) is 11.3 Å². The third-order valence-corrected chi connectivity index (χ3v) is 4.70. The lowest BCUT2D eigenvalue weighted by Gasteiger charge is -2.07. The molecule has 0 bridgehead atoms. The summed E-state index contributed by atoms with van der Waals surface area (Å²) in [4.78, 5) is 12.0. The number of phenolic OH excluding ortho intramolecular Hbond substituents is 1. The summed E-state index contributed by atoms with van der Waals surface area (Å²) in [5, 5.41) is 19.7. The molecule has 5 N–H and O–H groups in total. The molecule has 4 aromatic rings. The zero-order valence-electron chi connectivity index (χ0n) is 15.7. The van der Waals surface area contributed by atoms with Gasteiger partial charge >= 0.3 is 0 Å². The molecule has 0 atom stereocenters. The molecule has 0 aliphatic rings. The Kier molecular flexibility index (Phi) is 5.03. The Morgan fingerprint density at radius 2 is 1.69 bits per heavy atom. The Morgan fingerprint density at radius 1 is 1.03 bits per heavy atom. The van der Waals surface area contributed by atoms with E-state index in [9.17, 15) is 9.90 Å². The molecule has 0 aliphatic carbocycles. The van der Waals surface area contributed by atoms with Gasteiger partial charge in [0, 0.05) is 31.0 Å². The van der Waals surface area contributed by atoms with E-state index in [4.69, 9.17) is 5.73 Å². The van der Waals surface area contributed by atoms with Crippen LogP contribution in [0, 0.1) is 0 Å². The van der Waals surface area contributed by atoms with Gasteiger partial charge in [-0.2, -0.15) is 5.10 Å². The number of carbonyl (C=O) groups excluding carboxylic acids is 1. The van der Waals surface area contributed by atoms with E-state index >= 15 is 0 Å². The molecule has 0 aliphatic heterocycles. The van der Waals surface area contributed by atoms with Gasteiger partial charge in [0.15, 0.2) is 5.82 Å². The van der Waals surface area contributed by atoms with Crippen molar-refractivity contribution in [1.82, 2.24) is 14.8 Å². The van der Waals surface area contributed by atoms with Crippen molar-refractivity contribution in [3.05, 3.63) is 95.4 Å². The van der Waals surface area contributed by atoms with Crippen molar-refractivity contribution in [1.29, 1.82) is 0 Å². The topological polar surface area (TPSA) is 109 Å². The number of hydrogen-bond acceptors (Lipinski definition) is 4. The number of aromatic amines is 1. The van der Waals surface area contributed by atoms with Gasteiger partial charge < -0.3 is 20.7 Å². The molecule has 0 fully saturated rings. The first-order valence-electron chi connectivity index (χ1n) is 9.21. The number of H-pyrrole nitrogens is 1.